The van der Waals surface area contributed by atoms with Gasteiger partial charge >= 0.3 is 5.97 Å². The first kappa shape index (κ1) is 12.0. The molecule has 1 aromatic heterocycles. The van der Waals surface area contributed by atoms with Gasteiger partial charge in [-0.05, 0) is 24.3 Å². The van der Waals surface area contributed by atoms with Gasteiger partial charge in [-0.1, -0.05) is 24.3 Å². The van der Waals surface area contributed by atoms with Gasteiger partial charge in [-0.2, -0.15) is 5.26 Å². The number of nitriles is 1. The maximum atomic E-state index is 11.3. The maximum absolute atomic E-state index is 11.3. The minimum Gasteiger partial charge on any atom is -0.478 e. The summed E-state index contributed by atoms with van der Waals surface area (Å²) in [6.07, 6.45) is 1.59. The standard InChI is InChI=1S/C16H10N2O2/c17-9-11-4-3-5-12(8-11)18-10-14(16(19)20)13-6-1-2-7-15(13)18/h1-8,10H,(H,19,20). The Hall–Kier alpha value is -3.06. The number of benzene rings is 2. The van der Waals surface area contributed by atoms with Crippen LogP contribution < -0.4 is 0 Å². The first-order valence-electron chi connectivity index (χ1n) is 6.04. The number of para-hydroxylation sites is 1. The lowest BCUT2D eigenvalue weighted by molar-refractivity contribution is 0.0699. The molecular formula is C16H10N2O2. The number of carboxylic acid groups (broad SMARTS) is 1. The number of carboxylic acids is 1. The summed E-state index contributed by atoms with van der Waals surface area (Å²) in [6, 6.07) is 16.5. The van der Waals surface area contributed by atoms with Gasteiger partial charge in [0, 0.05) is 17.3 Å². The summed E-state index contributed by atoms with van der Waals surface area (Å²) < 4.78 is 1.79. The summed E-state index contributed by atoms with van der Waals surface area (Å²) in [7, 11) is 0. The fraction of sp³-hybridized carbons (Fsp3) is 0. The van der Waals surface area contributed by atoms with Crippen LogP contribution in [0.5, 0.6) is 0 Å². The van der Waals surface area contributed by atoms with E-state index in [0.717, 1.165) is 11.2 Å². The third-order valence-electron chi connectivity index (χ3n) is 3.20. The van der Waals surface area contributed by atoms with Crippen molar-refractivity contribution in [3.63, 3.8) is 0 Å². The number of rotatable bonds is 2. The zero-order chi connectivity index (χ0) is 14.1. The third kappa shape index (κ3) is 1.82. The molecule has 0 atom stereocenters. The average Bonchev–Trinajstić information content (AvgIpc) is 2.87. The van der Waals surface area contributed by atoms with E-state index in [-0.39, 0.29) is 5.56 Å². The molecule has 0 spiro atoms. The Bertz CT molecular complexity index is 856. The Morgan fingerprint density at radius 2 is 1.95 bits per heavy atom. The number of aromatic carboxylic acids is 1. The minimum absolute atomic E-state index is 0.253. The molecule has 2 aromatic carbocycles. The lowest BCUT2D eigenvalue weighted by atomic mass is 10.2. The zero-order valence-corrected chi connectivity index (χ0v) is 10.4. The van der Waals surface area contributed by atoms with Crippen molar-refractivity contribution in [2.24, 2.45) is 0 Å². The second-order valence-corrected chi connectivity index (χ2v) is 4.40. The number of hydrogen-bond donors (Lipinski definition) is 1. The molecule has 0 bridgehead atoms. The summed E-state index contributed by atoms with van der Waals surface area (Å²) in [5, 5.41) is 18.9. The van der Waals surface area contributed by atoms with Gasteiger partial charge in [0.1, 0.15) is 0 Å². The van der Waals surface area contributed by atoms with Gasteiger partial charge in [0.15, 0.2) is 0 Å². The highest BCUT2D eigenvalue weighted by Gasteiger charge is 2.14. The van der Waals surface area contributed by atoms with Crippen LogP contribution >= 0.6 is 0 Å². The van der Waals surface area contributed by atoms with E-state index in [2.05, 4.69) is 6.07 Å². The Morgan fingerprint density at radius 3 is 2.70 bits per heavy atom. The zero-order valence-electron chi connectivity index (χ0n) is 10.4. The van der Waals surface area contributed by atoms with Gasteiger partial charge in [-0.3, -0.25) is 0 Å². The highest BCUT2D eigenvalue weighted by Crippen LogP contribution is 2.25. The predicted octanol–water partition coefficient (Wildman–Crippen LogP) is 3.20. The Kier molecular flexibility index (Phi) is 2.73. The molecule has 0 saturated carbocycles. The lowest BCUT2D eigenvalue weighted by Crippen LogP contribution is -1.95. The Labute approximate surface area is 115 Å². The molecule has 0 aliphatic carbocycles. The normalized spacial score (nSPS) is 10.3. The molecule has 0 amide bonds. The van der Waals surface area contributed by atoms with Gasteiger partial charge in [-0.25, -0.2) is 4.79 Å². The third-order valence-corrected chi connectivity index (χ3v) is 3.20. The molecule has 1 N–H and O–H groups in total. The van der Waals surface area contributed by atoms with Crippen molar-refractivity contribution >= 4 is 16.9 Å². The quantitative estimate of drug-likeness (QED) is 0.771. The lowest BCUT2D eigenvalue weighted by Gasteiger charge is -2.05. The summed E-state index contributed by atoms with van der Waals surface area (Å²) in [5.41, 5.74) is 2.37. The van der Waals surface area contributed by atoms with Crippen LogP contribution in [0.15, 0.2) is 54.7 Å². The van der Waals surface area contributed by atoms with Crippen molar-refractivity contribution in [2.45, 2.75) is 0 Å². The van der Waals surface area contributed by atoms with Crippen LogP contribution in [-0.2, 0) is 0 Å². The fourth-order valence-electron chi connectivity index (χ4n) is 2.29. The summed E-state index contributed by atoms with van der Waals surface area (Å²) in [4.78, 5) is 11.3. The van der Waals surface area contributed by atoms with Crippen LogP contribution in [0.25, 0.3) is 16.6 Å². The average molecular weight is 262 g/mol. The van der Waals surface area contributed by atoms with Crippen LogP contribution in [0.2, 0.25) is 0 Å². The van der Waals surface area contributed by atoms with Gasteiger partial charge < -0.3 is 9.67 Å². The van der Waals surface area contributed by atoms with E-state index in [1.165, 1.54) is 0 Å². The monoisotopic (exact) mass is 262 g/mol. The van der Waals surface area contributed by atoms with E-state index >= 15 is 0 Å². The molecule has 96 valence electrons. The number of fused-ring (bicyclic) bond motifs is 1. The van der Waals surface area contributed by atoms with Gasteiger partial charge in [0.05, 0.1) is 22.7 Å². The summed E-state index contributed by atoms with van der Waals surface area (Å²) >= 11 is 0. The van der Waals surface area contributed by atoms with Crippen molar-refractivity contribution in [1.82, 2.24) is 4.57 Å². The molecular weight excluding hydrogens is 252 g/mol. The van der Waals surface area contributed by atoms with Crippen molar-refractivity contribution < 1.29 is 9.90 Å². The van der Waals surface area contributed by atoms with Gasteiger partial charge in [0.2, 0.25) is 0 Å². The number of hydrogen-bond acceptors (Lipinski definition) is 2. The van der Waals surface area contributed by atoms with Crippen LogP contribution in [-0.4, -0.2) is 15.6 Å². The van der Waals surface area contributed by atoms with E-state index in [0.29, 0.717) is 10.9 Å². The second kappa shape index (κ2) is 4.56. The largest absolute Gasteiger partial charge is 0.478 e. The van der Waals surface area contributed by atoms with E-state index in [9.17, 15) is 9.90 Å². The first-order chi connectivity index (χ1) is 9.70. The van der Waals surface area contributed by atoms with E-state index in [1.54, 1.807) is 35.0 Å². The molecule has 0 unspecified atom stereocenters. The molecule has 20 heavy (non-hydrogen) atoms. The van der Waals surface area contributed by atoms with Crippen molar-refractivity contribution in [3.8, 4) is 11.8 Å². The molecule has 4 heteroatoms. The highest BCUT2D eigenvalue weighted by atomic mass is 16.4. The van der Waals surface area contributed by atoms with Gasteiger partial charge in [0.25, 0.3) is 0 Å². The molecule has 0 fully saturated rings. The van der Waals surface area contributed by atoms with E-state index in [1.807, 2.05) is 24.3 Å². The highest BCUT2D eigenvalue weighted by molar-refractivity contribution is 6.04. The SMILES string of the molecule is N#Cc1cccc(-n2cc(C(=O)O)c3ccccc32)c1. The minimum atomic E-state index is -0.962. The Morgan fingerprint density at radius 1 is 1.15 bits per heavy atom. The summed E-state index contributed by atoms with van der Waals surface area (Å²) in [5.74, 6) is -0.962. The molecule has 1 heterocycles. The van der Waals surface area contributed by atoms with Crippen LogP contribution in [0, 0.1) is 11.3 Å². The summed E-state index contributed by atoms with van der Waals surface area (Å²) in [6.45, 7) is 0. The van der Waals surface area contributed by atoms with Crippen LogP contribution in [0.3, 0.4) is 0 Å². The molecule has 3 aromatic rings. The molecule has 3 rings (SSSR count). The smallest absolute Gasteiger partial charge is 0.337 e. The molecule has 0 aliphatic rings. The van der Waals surface area contributed by atoms with Crippen molar-refractivity contribution in [3.05, 3.63) is 65.9 Å². The van der Waals surface area contributed by atoms with Crippen molar-refractivity contribution in [2.75, 3.05) is 0 Å². The molecule has 0 aliphatic heterocycles. The van der Waals surface area contributed by atoms with Gasteiger partial charge in [-0.15, -0.1) is 0 Å². The Balaban J connectivity index is 2.31. The topological polar surface area (TPSA) is 66.0 Å². The molecule has 0 saturated heterocycles. The second-order valence-electron chi connectivity index (χ2n) is 4.40. The predicted molar refractivity (Wildman–Crippen MR) is 74.9 cm³/mol. The fourth-order valence-corrected chi connectivity index (χ4v) is 2.29. The molecule has 0 radical (unpaired) electrons. The number of nitrogens with zero attached hydrogens (tertiary/aromatic N) is 2. The van der Waals surface area contributed by atoms with Crippen LogP contribution in [0.1, 0.15) is 15.9 Å². The maximum Gasteiger partial charge on any atom is 0.337 e. The molecule has 4 nitrogen and oxygen atoms in total. The van der Waals surface area contributed by atoms with Crippen molar-refractivity contribution in [1.29, 1.82) is 5.26 Å². The van der Waals surface area contributed by atoms with Crippen LogP contribution in [0.4, 0.5) is 0 Å². The number of carbonyl (C=O) groups is 1. The number of aromatic nitrogens is 1. The van der Waals surface area contributed by atoms with E-state index < -0.39 is 5.97 Å². The van der Waals surface area contributed by atoms with E-state index in [4.69, 9.17) is 5.26 Å². The first-order valence-corrected chi connectivity index (χ1v) is 6.04.